The Kier molecular flexibility index (Phi) is 5.36. The number of hydrogen-bond donors (Lipinski definition) is 1. The summed E-state index contributed by atoms with van der Waals surface area (Å²) in [5, 5.41) is 4.24. The number of rotatable bonds is 6. The summed E-state index contributed by atoms with van der Waals surface area (Å²) < 4.78 is 0. The Balaban J connectivity index is 1.43. The fourth-order valence-electron chi connectivity index (χ4n) is 4.29. The maximum atomic E-state index is 12.9. The minimum Gasteiger partial charge on any atom is -0.352 e. The highest BCUT2D eigenvalue weighted by molar-refractivity contribution is 6.04. The van der Waals surface area contributed by atoms with Gasteiger partial charge in [-0.1, -0.05) is 78.9 Å². The lowest BCUT2D eigenvalue weighted by Gasteiger charge is -2.20. The number of pyridine rings is 1. The maximum absolute atomic E-state index is 12.9. The number of nitrogens with one attached hydrogen (secondary N) is 1. The van der Waals surface area contributed by atoms with Gasteiger partial charge in [0.25, 0.3) is 0 Å². The van der Waals surface area contributed by atoms with Crippen LogP contribution in [-0.4, -0.2) is 17.4 Å². The molecule has 1 amide bonds. The summed E-state index contributed by atoms with van der Waals surface area (Å²) in [6.45, 7) is 1.72. The van der Waals surface area contributed by atoms with E-state index in [1.807, 2.05) is 42.5 Å². The highest BCUT2D eigenvalue weighted by Crippen LogP contribution is 2.38. The molecule has 31 heavy (non-hydrogen) atoms. The van der Waals surface area contributed by atoms with Crippen LogP contribution >= 0.6 is 0 Å². The van der Waals surface area contributed by atoms with Crippen molar-refractivity contribution in [3.8, 4) is 0 Å². The fourth-order valence-corrected chi connectivity index (χ4v) is 4.29. The molecule has 4 heteroatoms. The number of anilines is 2. The van der Waals surface area contributed by atoms with Crippen molar-refractivity contribution in [1.29, 1.82) is 0 Å². The molecule has 1 aliphatic heterocycles. The number of amides is 1. The predicted octanol–water partition coefficient (Wildman–Crippen LogP) is 5.37. The van der Waals surface area contributed by atoms with Crippen LogP contribution in [0.5, 0.6) is 0 Å². The summed E-state index contributed by atoms with van der Waals surface area (Å²) in [6, 6.07) is 28.7. The second kappa shape index (κ2) is 8.60. The Morgan fingerprint density at radius 3 is 2.32 bits per heavy atom. The average Bonchev–Trinajstić information content (AvgIpc) is 3.21. The Bertz CT molecular complexity index is 1210. The minimum absolute atomic E-state index is 0.0453. The highest BCUT2D eigenvalue weighted by atomic mass is 16.1. The second-order valence-corrected chi connectivity index (χ2v) is 8.00. The number of benzene rings is 3. The molecule has 0 bridgehead atoms. The number of hydrogen-bond acceptors (Lipinski definition) is 3. The maximum Gasteiger partial charge on any atom is 0.224 e. The monoisotopic (exact) mass is 407 g/mol. The first-order valence-corrected chi connectivity index (χ1v) is 10.8. The van der Waals surface area contributed by atoms with E-state index >= 15 is 0 Å². The van der Waals surface area contributed by atoms with Gasteiger partial charge in [-0.15, -0.1) is 0 Å². The van der Waals surface area contributed by atoms with E-state index in [0.29, 0.717) is 6.42 Å². The van der Waals surface area contributed by atoms with E-state index in [0.717, 1.165) is 53.9 Å². The van der Waals surface area contributed by atoms with Gasteiger partial charge in [0.05, 0.1) is 11.2 Å². The lowest BCUT2D eigenvalue weighted by molar-refractivity contribution is -0.116. The summed E-state index contributed by atoms with van der Waals surface area (Å²) in [6.07, 6.45) is 2.08. The number of nitrogens with zero attached hydrogens (tertiary/aromatic N) is 2. The molecule has 3 aromatic carbocycles. The number of para-hydroxylation sites is 1. The van der Waals surface area contributed by atoms with Gasteiger partial charge in [0.15, 0.2) is 0 Å². The Labute approximate surface area is 182 Å². The topological polar surface area (TPSA) is 45.2 Å². The molecule has 1 N–H and O–H groups in total. The van der Waals surface area contributed by atoms with E-state index in [9.17, 15) is 4.79 Å². The molecule has 1 aliphatic rings. The van der Waals surface area contributed by atoms with Crippen molar-refractivity contribution >= 4 is 28.3 Å². The number of aromatic nitrogens is 1. The minimum atomic E-state index is 0.0453. The molecular weight excluding hydrogens is 382 g/mol. The van der Waals surface area contributed by atoms with Crippen molar-refractivity contribution in [3.63, 3.8) is 0 Å². The zero-order chi connectivity index (χ0) is 21.0. The van der Waals surface area contributed by atoms with Gasteiger partial charge >= 0.3 is 0 Å². The first kappa shape index (κ1) is 19.3. The van der Waals surface area contributed by atoms with E-state index in [1.54, 1.807) is 0 Å². The normalized spacial score (nSPS) is 12.7. The summed E-state index contributed by atoms with van der Waals surface area (Å²) in [7, 11) is 0. The lowest BCUT2D eigenvalue weighted by Crippen LogP contribution is -2.20. The third-order valence-corrected chi connectivity index (χ3v) is 5.87. The van der Waals surface area contributed by atoms with Gasteiger partial charge in [-0.05, 0) is 30.0 Å². The number of aryl methyl sites for hydroxylation is 1. The van der Waals surface area contributed by atoms with Crippen molar-refractivity contribution in [2.75, 3.05) is 16.8 Å². The molecule has 0 atom stereocenters. The molecule has 0 spiro atoms. The molecule has 2 heterocycles. The van der Waals surface area contributed by atoms with Gasteiger partial charge in [0.1, 0.15) is 5.82 Å². The molecule has 1 aromatic heterocycles. The summed E-state index contributed by atoms with van der Waals surface area (Å²) in [4.78, 5) is 20.1. The van der Waals surface area contributed by atoms with E-state index in [2.05, 4.69) is 52.7 Å². The van der Waals surface area contributed by atoms with Crippen LogP contribution in [0, 0.1) is 0 Å². The molecular formula is C27H25N3O. The largest absolute Gasteiger partial charge is 0.352 e. The molecule has 0 aliphatic carbocycles. The van der Waals surface area contributed by atoms with Crippen molar-refractivity contribution in [2.45, 2.75) is 25.8 Å². The number of fused-ring (bicyclic) bond motifs is 2. The molecule has 4 aromatic rings. The van der Waals surface area contributed by atoms with Crippen molar-refractivity contribution in [1.82, 2.24) is 4.98 Å². The van der Waals surface area contributed by atoms with Gasteiger partial charge in [-0.25, -0.2) is 4.98 Å². The molecule has 0 saturated heterocycles. The van der Waals surface area contributed by atoms with E-state index in [1.165, 1.54) is 11.1 Å². The van der Waals surface area contributed by atoms with Crippen LogP contribution in [0.1, 0.15) is 23.1 Å². The molecule has 0 saturated carbocycles. The predicted molar refractivity (Wildman–Crippen MR) is 126 cm³/mol. The average molecular weight is 408 g/mol. The van der Waals surface area contributed by atoms with Crippen LogP contribution in [0.4, 0.5) is 11.5 Å². The Morgan fingerprint density at radius 1 is 0.871 bits per heavy atom. The van der Waals surface area contributed by atoms with E-state index < -0.39 is 0 Å². The Morgan fingerprint density at radius 2 is 1.55 bits per heavy atom. The zero-order valence-corrected chi connectivity index (χ0v) is 17.4. The first-order valence-electron chi connectivity index (χ1n) is 10.8. The molecule has 5 rings (SSSR count). The lowest BCUT2D eigenvalue weighted by atomic mass is 10.1. The zero-order valence-electron chi connectivity index (χ0n) is 17.4. The van der Waals surface area contributed by atoms with Gasteiger partial charge in [-0.2, -0.15) is 0 Å². The smallest absolute Gasteiger partial charge is 0.224 e. The van der Waals surface area contributed by atoms with Crippen LogP contribution in [0.2, 0.25) is 0 Å². The summed E-state index contributed by atoms with van der Waals surface area (Å²) in [5.41, 5.74) is 5.42. The van der Waals surface area contributed by atoms with Gasteiger partial charge in [0, 0.05) is 30.5 Å². The van der Waals surface area contributed by atoms with Crippen LogP contribution in [0.25, 0.3) is 10.9 Å². The molecule has 0 radical (unpaired) electrons. The van der Waals surface area contributed by atoms with Crippen molar-refractivity contribution < 1.29 is 4.79 Å². The van der Waals surface area contributed by atoms with Crippen molar-refractivity contribution in [3.05, 3.63) is 102 Å². The van der Waals surface area contributed by atoms with Crippen LogP contribution in [0.15, 0.2) is 84.9 Å². The molecule has 0 unspecified atom stereocenters. The van der Waals surface area contributed by atoms with Crippen LogP contribution < -0.4 is 10.2 Å². The molecule has 0 fully saturated rings. The Hall–Kier alpha value is -3.66. The standard InChI is InChI=1S/C27H25N3O/c31-25(16-15-20-9-3-1-4-10-20)29-26-22-13-7-8-14-24(22)28-27-23(26)17-18-30(27)19-21-11-5-2-6-12-21/h1-14H,15-19H2,(H,28,29,31). The molecule has 154 valence electrons. The second-order valence-electron chi connectivity index (χ2n) is 8.00. The number of carbonyl (C=O) groups excluding carboxylic acids is 1. The van der Waals surface area contributed by atoms with Gasteiger partial charge in [-0.3, -0.25) is 4.79 Å². The number of carbonyl (C=O) groups is 1. The van der Waals surface area contributed by atoms with Gasteiger partial charge in [0.2, 0.25) is 5.91 Å². The van der Waals surface area contributed by atoms with Crippen molar-refractivity contribution in [2.24, 2.45) is 0 Å². The van der Waals surface area contributed by atoms with Gasteiger partial charge < -0.3 is 10.2 Å². The van der Waals surface area contributed by atoms with E-state index in [4.69, 9.17) is 4.98 Å². The van der Waals surface area contributed by atoms with Crippen LogP contribution in [-0.2, 0) is 24.2 Å². The summed E-state index contributed by atoms with van der Waals surface area (Å²) >= 11 is 0. The third-order valence-electron chi connectivity index (χ3n) is 5.87. The summed E-state index contributed by atoms with van der Waals surface area (Å²) in [5.74, 6) is 1.03. The third kappa shape index (κ3) is 4.15. The van der Waals surface area contributed by atoms with E-state index in [-0.39, 0.29) is 5.91 Å². The SMILES string of the molecule is O=C(CCc1ccccc1)Nc1c2c(nc3ccccc13)N(Cc1ccccc1)CC2. The fraction of sp³-hybridized carbons (Fsp3) is 0.185. The highest BCUT2D eigenvalue weighted by Gasteiger charge is 2.26. The first-order chi connectivity index (χ1) is 15.3. The molecule has 4 nitrogen and oxygen atoms in total. The quantitative estimate of drug-likeness (QED) is 0.467. The van der Waals surface area contributed by atoms with Crippen LogP contribution in [0.3, 0.4) is 0 Å².